The number of thioether (sulfide) groups is 1. The molecule has 0 saturated carbocycles. The predicted molar refractivity (Wildman–Crippen MR) is 54.4 cm³/mol. The molecule has 3 nitrogen and oxygen atoms in total. The van der Waals surface area contributed by atoms with Gasteiger partial charge in [-0.3, -0.25) is 4.79 Å². The summed E-state index contributed by atoms with van der Waals surface area (Å²) in [6, 6.07) is 0. The van der Waals surface area contributed by atoms with Crippen LogP contribution in [0.3, 0.4) is 0 Å². The number of hydrogen-bond acceptors (Lipinski definition) is 4. The van der Waals surface area contributed by atoms with Crippen LogP contribution in [0, 0.1) is 5.92 Å². The Morgan fingerprint density at radius 3 is 2.69 bits per heavy atom. The summed E-state index contributed by atoms with van der Waals surface area (Å²) >= 11 is 1.66. The predicted octanol–water partition coefficient (Wildman–Crippen LogP) is 1.37. The molecule has 2 atom stereocenters. The average molecular weight is 203 g/mol. The molecule has 0 aromatic carbocycles. The summed E-state index contributed by atoms with van der Waals surface area (Å²) < 4.78 is 5.07. The van der Waals surface area contributed by atoms with E-state index in [2.05, 4.69) is 13.8 Å². The Labute approximate surface area is 83.4 Å². The van der Waals surface area contributed by atoms with Crippen molar-refractivity contribution >= 4 is 17.7 Å². The summed E-state index contributed by atoms with van der Waals surface area (Å²) in [5, 5.41) is -0.103. The SMILES string of the molecule is CCOC(=O)C1CC(C)(C)SC1N. The number of ether oxygens (including phenoxy) is 1. The number of hydrogen-bond donors (Lipinski definition) is 1. The minimum atomic E-state index is -0.145. The highest BCUT2D eigenvalue weighted by molar-refractivity contribution is 8.01. The van der Waals surface area contributed by atoms with Crippen LogP contribution >= 0.6 is 11.8 Å². The van der Waals surface area contributed by atoms with Gasteiger partial charge in [0.25, 0.3) is 0 Å². The molecule has 1 aliphatic rings. The molecule has 0 aromatic heterocycles. The summed E-state index contributed by atoms with van der Waals surface area (Å²) in [6.45, 7) is 6.47. The summed E-state index contributed by atoms with van der Waals surface area (Å²) in [6.07, 6.45) is 0.817. The van der Waals surface area contributed by atoms with Crippen LogP contribution in [0.2, 0.25) is 0 Å². The number of nitrogens with two attached hydrogens (primary N) is 1. The first-order valence-electron chi connectivity index (χ1n) is 4.56. The minimum Gasteiger partial charge on any atom is -0.466 e. The van der Waals surface area contributed by atoms with Crippen molar-refractivity contribution in [2.24, 2.45) is 11.7 Å². The molecule has 4 heteroatoms. The Hall–Kier alpha value is -0.220. The van der Waals surface area contributed by atoms with E-state index in [1.165, 1.54) is 0 Å². The van der Waals surface area contributed by atoms with Crippen LogP contribution in [0.5, 0.6) is 0 Å². The number of esters is 1. The first-order valence-corrected chi connectivity index (χ1v) is 5.44. The van der Waals surface area contributed by atoms with E-state index in [-0.39, 0.29) is 22.0 Å². The molecule has 1 saturated heterocycles. The zero-order valence-electron chi connectivity index (χ0n) is 8.37. The van der Waals surface area contributed by atoms with Gasteiger partial charge < -0.3 is 10.5 Å². The lowest BCUT2D eigenvalue weighted by Gasteiger charge is -2.14. The molecule has 2 N–H and O–H groups in total. The third kappa shape index (κ3) is 2.61. The Morgan fingerprint density at radius 1 is 1.69 bits per heavy atom. The molecule has 1 aliphatic heterocycles. The lowest BCUT2D eigenvalue weighted by molar-refractivity contribution is -0.148. The molecule has 1 fully saturated rings. The fraction of sp³-hybridized carbons (Fsp3) is 0.889. The van der Waals surface area contributed by atoms with Gasteiger partial charge >= 0.3 is 5.97 Å². The Balaban J connectivity index is 2.57. The van der Waals surface area contributed by atoms with E-state index in [4.69, 9.17) is 10.5 Å². The number of rotatable bonds is 2. The normalized spacial score (nSPS) is 31.7. The van der Waals surface area contributed by atoms with Crippen molar-refractivity contribution < 1.29 is 9.53 Å². The fourth-order valence-electron chi connectivity index (χ4n) is 1.61. The molecule has 0 bridgehead atoms. The Morgan fingerprint density at radius 2 is 2.31 bits per heavy atom. The van der Waals surface area contributed by atoms with Gasteiger partial charge in [0.1, 0.15) is 0 Å². The van der Waals surface area contributed by atoms with Crippen LogP contribution in [0.25, 0.3) is 0 Å². The van der Waals surface area contributed by atoms with Crippen molar-refractivity contribution in [2.45, 2.75) is 37.3 Å². The van der Waals surface area contributed by atoms with Crippen LogP contribution in [0.1, 0.15) is 27.2 Å². The molecule has 0 spiro atoms. The van der Waals surface area contributed by atoms with Crippen LogP contribution in [-0.4, -0.2) is 22.7 Å². The van der Waals surface area contributed by atoms with Crippen molar-refractivity contribution in [3.05, 3.63) is 0 Å². The minimum absolute atomic E-state index is 0.103. The summed E-state index contributed by atoms with van der Waals surface area (Å²) in [5.74, 6) is -0.270. The van der Waals surface area contributed by atoms with E-state index in [9.17, 15) is 4.79 Å². The quantitative estimate of drug-likeness (QED) is 0.689. The zero-order valence-corrected chi connectivity index (χ0v) is 9.19. The van der Waals surface area contributed by atoms with E-state index in [1.54, 1.807) is 11.8 Å². The first kappa shape index (κ1) is 10.9. The second-order valence-electron chi connectivity index (χ2n) is 3.90. The maximum absolute atomic E-state index is 11.4. The smallest absolute Gasteiger partial charge is 0.311 e. The molecule has 13 heavy (non-hydrogen) atoms. The molecular formula is C9H17NO2S. The molecule has 1 heterocycles. The van der Waals surface area contributed by atoms with Crippen LogP contribution in [0.4, 0.5) is 0 Å². The van der Waals surface area contributed by atoms with Crippen molar-refractivity contribution in [1.82, 2.24) is 0 Å². The van der Waals surface area contributed by atoms with Gasteiger partial charge in [-0.05, 0) is 13.3 Å². The van der Waals surface area contributed by atoms with Gasteiger partial charge in [0.2, 0.25) is 0 Å². The molecule has 0 amide bonds. The highest BCUT2D eigenvalue weighted by Gasteiger charge is 2.42. The molecule has 1 rings (SSSR count). The van der Waals surface area contributed by atoms with Gasteiger partial charge in [0, 0.05) is 4.75 Å². The summed E-state index contributed by atoms with van der Waals surface area (Å²) in [4.78, 5) is 11.4. The third-order valence-electron chi connectivity index (χ3n) is 2.15. The van der Waals surface area contributed by atoms with Crippen molar-refractivity contribution in [3.8, 4) is 0 Å². The third-order valence-corrected chi connectivity index (χ3v) is 3.56. The maximum atomic E-state index is 11.4. The van der Waals surface area contributed by atoms with E-state index >= 15 is 0 Å². The van der Waals surface area contributed by atoms with Crippen LogP contribution in [-0.2, 0) is 9.53 Å². The topological polar surface area (TPSA) is 52.3 Å². The van der Waals surface area contributed by atoms with Crippen LogP contribution < -0.4 is 5.73 Å². The van der Waals surface area contributed by atoms with E-state index in [1.807, 2.05) is 6.92 Å². The van der Waals surface area contributed by atoms with Gasteiger partial charge in [-0.1, -0.05) is 13.8 Å². The highest BCUT2D eigenvalue weighted by Crippen LogP contribution is 2.44. The van der Waals surface area contributed by atoms with Crippen molar-refractivity contribution in [3.63, 3.8) is 0 Å². The van der Waals surface area contributed by atoms with Gasteiger partial charge in [0.05, 0.1) is 17.9 Å². The van der Waals surface area contributed by atoms with E-state index in [0.29, 0.717) is 6.61 Å². The zero-order chi connectivity index (χ0) is 10.1. The Bertz CT molecular complexity index is 206. The Kier molecular flexibility index (Phi) is 3.24. The van der Waals surface area contributed by atoms with E-state index in [0.717, 1.165) is 6.42 Å². The monoisotopic (exact) mass is 203 g/mol. The second kappa shape index (κ2) is 3.88. The molecule has 0 aliphatic carbocycles. The number of carbonyl (C=O) groups excluding carboxylic acids is 1. The molecule has 0 aromatic rings. The molecule has 0 radical (unpaired) electrons. The summed E-state index contributed by atoms with van der Waals surface area (Å²) in [5.41, 5.74) is 5.85. The summed E-state index contributed by atoms with van der Waals surface area (Å²) in [7, 11) is 0. The lowest BCUT2D eigenvalue weighted by Crippen LogP contribution is -2.30. The fourth-order valence-corrected chi connectivity index (χ4v) is 3.00. The van der Waals surface area contributed by atoms with Gasteiger partial charge in [0.15, 0.2) is 0 Å². The van der Waals surface area contributed by atoms with Crippen molar-refractivity contribution in [1.29, 1.82) is 0 Å². The second-order valence-corrected chi connectivity index (χ2v) is 5.79. The maximum Gasteiger partial charge on any atom is 0.311 e. The molecular weight excluding hydrogens is 186 g/mol. The highest BCUT2D eigenvalue weighted by atomic mass is 32.2. The van der Waals surface area contributed by atoms with Gasteiger partial charge in [-0.15, -0.1) is 11.8 Å². The van der Waals surface area contributed by atoms with Crippen LogP contribution in [0.15, 0.2) is 0 Å². The molecule has 2 unspecified atom stereocenters. The molecule has 76 valence electrons. The van der Waals surface area contributed by atoms with Crippen molar-refractivity contribution in [2.75, 3.05) is 6.61 Å². The number of carbonyl (C=O) groups is 1. The van der Waals surface area contributed by atoms with Gasteiger partial charge in [-0.2, -0.15) is 0 Å². The first-order chi connectivity index (χ1) is 5.96. The van der Waals surface area contributed by atoms with Gasteiger partial charge in [-0.25, -0.2) is 0 Å². The average Bonchev–Trinajstić information content (AvgIpc) is 2.25. The van der Waals surface area contributed by atoms with E-state index < -0.39 is 0 Å². The largest absolute Gasteiger partial charge is 0.466 e. The standard InChI is InChI=1S/C9H17NO2S/c1-4-12-8(11)6-5-9(2,3)13-7(6)10/h6-7H,4-5,10H2,1-3H3. The lowest BCUT2D eigenvalue weighted by atomic mass is 9.97.